The molecule has 3 aromatic carbocycles. The van der Waals surface area contributed by atoms with Gasteiger partial charge in [0, 0.05) is 0 Å². The molecule has 3 rings (SSSR count). The van der Waals surface area contributed by atoms with Gasteiger partial charge in [0.15, 0.2) is 0 Å². The van der Waals surface area contributed by atoms with Crippen molar-refractivity contribution in [3.05, 3.63) is 96.1 Å². The quantitative estimate of drug-likeness (QED) is 0.331. The van der Waals surface area contributed by atoms with E-state index in [1.165, 1.54) is 0 Å². The van der Waals surface area contributed by atoms with Gasteiger partial charge in [0.2, 0.25) is 0 Å². The van der Waals surface area contributed by atoms with Crippen molar-refractivity contribution >= 4 is 5.97 Å². The summed E-state index contributed by atoms with van der Waals surface area (Å²) in [6.45, 7) is 4.37. The van der Waals surface area contributed by atoms with Gasteiger partial charge in [-0.15, -0.1) is 0 Å². The number of carbonyl (C=O) groups excluding carboxylic acids is 1. The van der Waals surface area contributed by atoms with E-state index in [2.05, 4.69) is 0 Å². The van der Waals surface area contributed by atoms with Crippen LogP contribution in [0, 0.1) is 0 Å². The predicted molar refractivity (Wildman–Crippen MR) is 119 cm³/mol. The van der Waals surface area contributed by atoms with Gasteiger partial charge in [-0.2, -0.15) is 0 Å². The topological polar surface area (TPSA) is 44.8 Å². The molecule has 0 saturated heterocycles. The Kier molecular flexibility index (Phi) is 7.28. The van der Waals surface area contributed by atoms with Crippen LogP contribution in [0.5, 0.6) is 11.5 Å². The second kappa shape index (κ2) is 10.3. The largest absolute Gasteiger partial charge is 0.497 e. The number of esters is 1. The molecular formula is C26H26O4. The van der Waals surface area contributed by atoms with Crippen LogP contribution in [0.1, 0.15) is 35.9 Å². The number of hydrogen-bond donors (Lipinski definition) is 0. The fourth-order valence-corrected chi connectivity index (χ4v) is 2.97. The first kappa shape index (κ1) is 21.2. The Labute approximate surface area is 177 Å². The van der Waals surface area contributed by atoms with E-state index in [1.54, 1.807) is 19.2 Å². The van der Waals surface area contributed by atoms with Gasteiger partial charge in [-0.3, -0.25) is 0 Å². The molecule has 0 aliphatic heterocycles. The summed E-state index contributed by atoms with van der Waals surface area (Å²) in [5, 5.41) is 0. The predicted octanol–water partition coefficient (Wildman–Crippen LogP) is 6.24. The van der Waals surface area contributed by atoms with E-state index in [4.69, 9.17) is 14.2 Å². The summed E-state index contributed by atoms with van der Waals surface area (Å²) in [6, 6.07) is 22.8. The molecule has 0 heterocycles. The van der Waals surface area contributed by atoms with Gasteiger partial charge in [0.1, 0.15) is 24.2 Å². The van der Waals surface area contributed by atoms with Gasteiger partial charge < -0.3 is 14.2 Å². The molecule has 154 valence electrons. The molecule has 0 saturated carbocycles. The summed E-state index contributed by atoms with van der Waals surface area (Å²) in [5.41, 5.74) is 3.47. The summed E-state index contributed by atoms with van der Waals surface area (Å²) in [7, 11) is 1.61. The maximum atomic E-state index is 12.5. The highest BCUT2D eigenvalue weighted by atomic mass is 16.5. The van der Waals surface area contributed by atoms with Gasteiger partial charge in [0.05, 0.1) is 12.7 Å². The standard InChI is InChI=1S/C26H26O4/c1-4-5-17-29-24-15-13-21(14-16-24)20-9-11-22(12-10-20)26(27)30-19(2)23-7-6-8-25(18-23)28-3/h4-16,18-19H,17H2,1-3H3/b5-4+/t19-/m1/s1. The van der Waals surface area contributed by atoms with E-state index in [0.29, 0.717) is 12.2 Å². The molecule has 0 aromatic heterocycles. The van der Waals surface area contributed by atoms with E-state index < -0.39 is 0 Å². The van der Waals surface area contributed by atoms with E-state index in [0.717, 1.165) is 28.2 Å². The first-order valence-corrected chi connectivity index (χ1v) is 9.90. The fraction of sp³-hybridized carbons (Fsp3) is 0.192. The number of allylic oxidation sites excluding steroid dienone is 1. The SMILES string of the molecule is C/C=C/COc1ccc(-c2ccc(C(=O)O[C@H](C)c3cccc(OC)c3)cc2)cc1. The molecule has 0 aliphatic carbocycles. The first-order chi connectivity index (χ1) is 14.6. The molecule has 3 aromatic rings. The highest BCUT2D eigenvalue weighted by Gasteiger charge is 2.14. The maximum absolute atomic E-state index is 12.5. The van der Waals surface area contributed by atoms with Crippen LogP contribution in [-0.4, -0.2) is 19.7 Å². The van der Waals surface area contributed by atoms with Crippen LogP contribution in [0.2, 0.25) is 0 Å². The van der Waals surface area contributed by atoms with Crippen LogP contribution in [0.4, 0.5) is 0 Å². The lowest BCUT2D eigenvalue weighted by Gasteiger charge is -2.14. The molecule has 4 heteroatoms. The Morgan fingerprint density at radius 2 is 1.60 bits per heavy atom. The number of rotatable bonds is 8. The van der Waals surface area contributed by atoms with E-state index in [9.17, 15) is 4.79 Å². The Morgan fingerprint density at radius 1 is 0.933 bits per heavy atom. The second-order valence-electron chi connectivity index (χ2n) is 6.81. The summed E-state index contributed by atoms with van der Waals surface area (Å²) in [6.07, 6.45) is 3.54. The number of carbonyl (C=O) groups is 1. The molecule has 0 spiro atoms. The molecule has 0 bridgehead atoms. The summed E-state index contributed by atoms with van der Waals surface area (Å²) in [5.74, 6) is 1.20. The monoisotopic (exact) mass is 402 g/mol. The lowest BCUT2D eigenvalue weighted by Crippen LogP contribution is -2.09. The summed E-state index contributed by atoms with van der Waals surface area (Å²) in [4.78, 5) is 12.5. The highest BCUT2D eigenvalue weighted by molar-refractivity contribution is 5.90. The third-order valence-electron chi connectivity index (χ3n) is 4.74. The normalized spacial score (nSPS) is 11.8. The molecule has 0 aliphatic rings. The van der Waals surface area contributed by atoms with Crippen molar-refractivity contribution in [1.82, 2.24) is 0 Å². The molecule has 0 amide bonds. The van der Waals surface area contributed by atoms with Crippen LogP contribution in [0.3, 0.4) is 0 Å². The number of methoxy groups -OCH3 is 1. The van der Waals surface area contributed by atoms with Crippen LogP contribution in [-0.2, 0) is 4.74 Å². The molecule has 30 heavy (non-hydrogen) atoms. The lowest BCUT2D eigenvalue weighted by molar-refractivity contribution is 0.0337. The van der Waals surface area contributed by atoms with E-state index >= 15 is 0 Å². The molecule has 0 N–H and O–H groups in total. The minimum Gasteiger partial charge on any atom is -0.497 e. The van der Waals surface area contributed by atoms with Crippen molar-refractivity contribution in [3.63, 3.8) is 0 Å². The van der Waals surface area contributed by atoms with Crippen molar-refractivity contribution < 1.29 is 19.0 Å². The van der Waals surface area contributed by atoms with Crippen molar-refractivity contribution in [1.29, 1.82) is 0 Å². The molecule has 0 unspecified atom stereocenters. The third-order valence-corrected chi connectivity index (χ3v) is 4.74. The Bertz CT molecular complexity index is 988. The Hall–Kier alpha value is -3.53. The average Bonchev–Trinajstić information content (AvgIpc) is 2.80. The minimum absolute atomic E-state index is 0.357. The van der Waals surface area contributed by atoms with Gasteiger partial charge in [-0.1, -0.05) is 48.6 Å². The zero-order chi connectivity index (χ0) is 21.3. The molecule has 1 atom stereocenters. The van der Waals surface area contributed by atoms with E-state index in [1.807, 2.05) is 86.7 Å². The van der Waals surface area contributed by atoms with Crippen molar-refractivity contribution in [2.24, 2.45) is 0 Å². The number of benzene rings is 3. The second-order valence-corrected chi connectivity index (χ2v) is 6.81. The lowest BCUT2D eigenvalue weighted by atomic mass is 10.0. The van der Waals surface area contributed by atoms with Crippen molar-refractivity contribution in [2.45, 2.75) is 20.0 Å². The number of ether oxygens (including phenoxy) is 3. The van der Waals surface area contributed by atoms with Gasteiger partial charge >= 0.3 is 5.97 Å². The van der Waals surface area contributed by atoms with Gasteiger partial charge in [-0.05, 0) is 66.9 Å². The maximum Gasteiger partial charge on any atom is 0.338 e. The molecule has 4 nitrogen and oxygen atoms in total. The Morgan fingerprint density at radius 3 is 2.23 bits per heavy atom. The van der Waals surface area contributed by atoms with E-state index in [-0.39, 0.29) is 12.1 Å². The molecule has 0 fully saturated rings. The van der Waals surface area contributed by atoms with Gasteiger partial charge in [0.25, 0.3) is 0 Å². The van der Waals surface area contributed by atoms with Crippen LogP contribution in [0.15, 0.2) is 84.9 Å². The average molecular weight is 402 g/mol. The number of hydrogen-bond acceptors (Lipinski definition) is 4. The zero-order valence-electron chi connectivity index (χ0n) is 17.5. The summed E-state index contributed by atoms with van der Waals surface area (Å²) < 4.78 is 16.5. The zero-order valence-corrected chi connectivity index (χ0v) is 17.5. The third kappa shape index (κ3) is 5.51. The molecular weight excluding hydrogens is 376 g/mol. The first-order valence-electron chi connectivity index (χ1n) is 9.90. The van der Waals surface area contributed by atoms with Crippen LogP contribution < -0.4 is 9.47 Å². The smallest absolute Gasteiger partial charge is 0.338 e. The highest BCUT2D eigenvalue weighted by Crippen LogP contribution is 2.25. The van der Waals surface area contributed by atoms with Crippen LogP contribution in [0.25, 0.3) is 11.1 Å². The molecule has 0 radical (unpaired) electrons. The fourth-order valence-electron chi connectivity index (χ4n) is 2.97. The Balaban J connectivity index is 1.63. The van der Waals surface area contributed by atoms with Crippen molar-refractivity contribution in [3.8, 4) is 22.6 Å². The van der Waals surface area contributed by atoms with Crippen molar-refractivity contribution in [2.75, 3.05) is 13.7 Å². The summed E-state index contributed by atoms with van der Waals surface area (Å²) >= 11 is 0. The van der Waals surface area contributed by atoms with Gasteiger partial charge in [-0.25, -0.2) is 4.79 Å². The van der Waals surface area contributed by atoms with Crippen LogP contribution >= 0.6 is 0 Å². The minimum atomic E-state index is -0.373.